The molecule has 0 aliphatic carbocycles. The minimum atomic E-state index is -0.694. The van der Waals surface area contributed by atoms with Crippen molar-refractivity contribution >= 4 is 39.3 Å². The van der Waals surface area contributed by atoms with Gasteiger partial charge in [0.1, 0.15) is 11.6 Å². The van der Waals surface area contributed by atoms with Crippen LogP contribution in [0.25, 0.3) is 11.1 Å². The van der Waals surface area contributed by atoms with Crippen LogP contribution in [0.15, 0.2) is 53.1 Å². The van der Waals surface area contributed by atoms with Crippen LogP contribution in [-0.4, -0.2) is 17.7 Å². The molecule has 8 heteroatoms. The third-order valence-electron chi connectivity index (χ3n) is 3.97. The first kappa shape index (κ1) is 21.1. The van der Waals surface area contributed by atoms with Crippen molar-refractivity contribution < 1.29 is 18.7 Å². The van der Waals surface area contributed by atoms with Crippen molar-refractivity contribution in [3.8, 4) is 22.6 Å². The molecule has 0 saturated heterocycles. The highest BCUT2D eigenvalue weighted by molar-refractivity contribution is 9.10. The molecule has 0 bridgehead atoms. The van der Waals surface area contributed by atoms with Gasteiger partial charge >= 0.3 is 0 Å². The fourth-order valence-corrected chi connectivity index (χ4v) is 3.46. The van der Waals surface area contributed by atoms with E-state index >= 15 is 0 Å². The Balaban J connectivity index is 0.00000117. The van der Waals surface area contributed by atoms with E-state index in [-0.39, 0.29) is 23.2 Å². The van der Waals surface area contributed by atoms with Gasteiger partial charge in [-0.05, 0) is 36.4 Å². The average Bonchev–Trinajstić information content (AvgIpc) is 3.16. The summed E-state index contributed by atoms with van der Waals surface area (Å²) in [5, 5.41) is 2.58. The highest BCUT2D eigenvalue weighted by atomic mass is 79.9. The lowest BCUT2D eigenvalue weighted by atomic mass is 10.1. The van der Waals surface area contributed by atoms with Gasteiger partial charge in [-0.25, -0.2) is 9.37 Å². The molecule has 1 aliphatic heterocycles. The van der Waals surface area contributed by atoms with E-state index in [1.165, 1.54) is 18.2 Å². The summed E-state index contributed by atoms with van der Waals surface area (Å²) in [6, 6.07) is 11.1. The second-order valence-electron chi connectivity index (χ2n) is 5.67. The Morgan fingerprint density at radius 2 is 1.90 bits per heavy atom. The number of nitrogens with zero attached hydrogens (tertiary/aromatic N) is 1. The lowest BCUT2D eigenvalue weighted by molar-refractivity contribution is 0.102. The van der Waals surface area contributed by atoms with Crippen molar-refractivity contribution in [2.75, 3.05) is 12.1 Å². The minimum Gasteiger partial charge on any atom is -0.454 e. The van der Waals surface area contributed by atoms with E-state index in [1.807, 2.05) is 26.0 Å². The Bertz CT molecular complexity index is 1020. The summed E-state index contributed by atoms with van der Waals surface area (Å²) in [5.74, 6) is 0.243. The predicted octanol–water partition coefficient (Wildman–Crippen LogP) is 6.31. The van der Waals surface area contributed by atoms with E-state index in [9.17, 15) is 9.18 Å². The number of pyridine rings is 1. The van der Waals surface area contributed by atoms with E-state index in [0.29, 0.717) is 11.5 Å². The van der Waals surface area contributed by atoms with Crippen LogP contribution in [0.3, 0.4) is 0 Å². The number of carbonyl (C=O) groups excluding carboxylic acids is 1. The normalized spacial score (nSPS) is 11.5. The molecular formula is C21H17BrClFN2O3. The van der Waals surface area contributed by atoms with Crippen LogP contribution in [0.1, 0.15) is 24.2 Å². The zero-order valence-corrected chi connectivity index (χ0v) is 18.0. The Morgan fingerprint density at radius 1 is 1.17 bits per heavy atom. The van der Waals surface area contributed by atoms with E-state index in [0.717, 1.165) is 15.6 Å². The molecule has 1 amide bonds. The summed E-state index contributed by atoms with van der Waals surface area (Å²) < 4.78 is 25.4. The maximum Gasteiger partial charge on any atom is 0.261 e. The van der Waals surface area contributed by atoms with E-state index < -0.39 is 11.7 Å². The number of hydrogen-bond donors (Lipinski definition) is 1. The quantitative estimate of drug-likeness (QED) is 0.478. The molecule has 150 valence electrons. The lowest BCUT2D eigenvalue weighted by Gasteiger charge is -2.09. The summed E-state index contributed by atoms with van der Waals surface area (Å²) in [4.78, 5) is 16.5. The van der Waals surface area contributed by atoms with Crippen LogP contribution in [-0.2, 0) is 0 Å². The zero-order chi connectivity index (χ0) is 21.0. The predicted molar refractivity (Wildman–Crippen MR) is 114 cm³/mol. The fourth-order valence-electron chi connectivity index (χ4n) is 2.66. The Hall–Kier alpha value is -2.64. The van der Waals surface area contributed by atoms with E-state index in [1.54, 1.807) is 18.3 Å². The number of anilines is 1. The van der Waals surface area contributed by atoms with Crippen LogP contribution in [0.2, 0.25) is 5.02 Å². The number of nitrogens with one attached hydrogen (secondary N) is 1. The summed E-state index contributed by atoms with van der Waals surface area (Å²) >= 11 is 9.41. The third kappa shape index (κ3) is 4.52. The van der Waals surface area contributed by atoms with Crippen LogP contribution >= 0.6 is 27.5 Å². The molecule has 2 aromatic carbocycles. The molecule has 0 fully saturated rings. The molecule has 0 saturated carbocycles. The van der Waals surface area contributed by atoms with Crippen molar-refractivity contribution in [2.24, 2.45) is 0 Å². The number of fused-ring (bicyclic) bond motifs is 1. The lowest BCUT2D eigenvalue weighted by Crippen LogP contribution is -2.15. The van der Waals surface area contributed by atoms with E-state index in [4.69, 9.17) is 21.1 Å². The second-order valence-corrected chi connectivity index (χ2v) is 6.93. The average molecular weight is 480 g/mol. The molecule has 4 rings (SSSR count). The van der Waals surface area contributed by atoms with Gasteiger partial charge in [-0.2, -0.15) is 0 Å². The van der Waals surface area contributed by atoms with Gasteiger partial charge in [-0.15, -0.1) is 0 Å². The van der Waals surface area contributed by atoms with Gasteiger partial charge in [0.2, 0.25) is 6.79 Å². The van der Waals surface area contributed by atoms with Crippen molar-refractivity contribution in [3.63, 3.8) is 0 Å². The number of ether oxygens (including phenoxy) is 2. The third-order valence-corrected chi connectivity index (χ3v) is 4.94. The van der Waals surface area contributed by atoms with Crippen LogP contribution in [0.5, 0.6) is 11.5 Å². The molecule has 3 aromatic rings. The molecule has 29 heavy (non-hydrogen) atoms. The van der Waals surface area contributed by atoms with Crippen molar-refractivity contribution in [2.45, 2.75) is 13.8 Å². The molecule has 0 unspecified atom stereocenters. The van der Waals surface area contributed by atoms with Gasteiger partial charge < -0.3 is 14.8 Å². The largest absolute Gasteiger partial charge is 0.454 e. The number of carbonyl (C=O) groups is 1. The first-order valence-corrected chi connectivity index (χ1v) is 10.0. The summed E-state index contributed by atoms with van der Waals surface area (Å²) in [7, 11) is 0. The highest BCUT2D eigenvalue weighted by Crippen LogP contribution is 2.41. The van der Waals surface area contributed by atoms with Crippen LogP contribution < -0.4 is 14.8 Å². The summed E-state index contributed by atoms with van der Waals surface area (Å²) in [6.45, 7) is 4.19. The highest BCUT2D eigenvalue weighted by Gasteiger charge is 2.18. The van der Waals surface area contributed by atoms with Gasteiger partial charge in [0, 0.05) is 21.8 Å². The summed E-state index contributed by atoms with van der Waals surface area (Å²) in [6.07, 6.45) is 1.60. The number of hydrogen-bond acceptors (Lipinski definition) is 4. The monoisotopic (exact) mass is 478 g/mol. The zero-order valence-electron chi connectivity index (χ0n) is 15.6. The van der Waals surface area contributed by atoms with Crippen LogP contribution in [0.4, 0.5) is 10.2 Å². The first-order chi connectivity index (χ1) is 14.0. The molecule has 5 nitrogen and oxygen atoms in total. The molecule has 1 N–H and O–H groups in total. The molecule has 0 atom stereocenters. The smallest absolute Gasteiger partial charge is 0.261 e. The molecular weight excluding hydrogens is 463 g/mol. The molecule has 1 aromatic heterocycles. The van der Waals surface area contributed by atoms with Crippen molar-refractivity contribution in [1.82, 2.24) is 4.98 Å². The molecule has 2 heterocycles. The standard InChI is InChI=1S/C19H11BrClFN2O3.C2H6/c20-12-7-16-15(26-9-27-16)6-11(12)10-4-5-17(23-8-10)24-19(25)18-13(21)2-1-3-14(18)22;1-2/h1-8H,9H2,(H,23,24,25);1-2H3. The second kappa shape index (κ2) is 9.24. The maximum absolute atomic E-state index is 13.8. The van der Waals surface area contributed by atoms with Gasteiger partial charge in [0.05, 0.1) is 10.6 Å². The fraction of sp³-hybridized carbons (Fsp3) is 0.143. The van der Waals surface area contributed by atoms with Gasteiger partial charge in [0.15, 0.2) is 11.5 Å². The Kier molecular flexibility index (Phi) is 6.71. The van der Waals surface area contributed by atoms with E-state index in [2.05, 4.69) is 26.2 Å². The van der Waals surface area contributed by atoms with Crippen LogP contribution in [0, 0.1) is 5.82 Å². The van der Waals surface area contributed by atoms with Gasteiger partial charge in [-0.3, -0.25) is 4.79 Å². The topological polar surface area (TPSA) is 60.5 Å². The molecule has 0 spiro atoms. The molecule has 1 aliphatic rings. The number of halogens is 3. The Labute approximate surface area is 180 Å². The number of rotatable bonds is 3. The number of amides is 1. The SMILES string of the molecule is CC.O=C(Nc1ccc(-c2cc3c(cc2Br)OCO3)cn1)c1c(F)cccc1Cl. The number of benzene rings is 2. The minimum absolute atomic E-state index is 0.0356. The first-order valence-electron chi connectivity index (χ1n) is 8.84. The maximum atomic E-state index is 13.8. The summed E-state index contributed by atoms with van der Waals surface area (Å²) in [5.41, 5.74) is 1.45. The van der Waals surface area contributed by atoms with Crippen molar-refractivity contribution in [3.05, 3.63) is 69.5 Å². The molecule has 0 radical (unpaired) electrons. The number of aromatic nitrogens is 1. The van der Waals surface area contributed by atoms with Gasteiger partial charge in [0.25, 0.3) is 5.91 Å². The van der Waals surface area contributed by atoms with Gasteiger partial charge in [-0.1, -0.05) is 47.4 Å². The Morgan fingerprint density at radius 3 is 2.55 bits per heavy atom. The van der Waals surface area contributed by atoms with Crippen molar-refractivity contribution in [1.29, 1.82) is 0 Å².